The van der Waals surface area contributed by atoms with E-state index >= 15 is 0 Å². The summed E-state index contributed by atoms with van der Waals surface area (Å²) in [4.78, 5) is 19.7. The minimum Gasteiger partial charge on any atom is -0.502 e. The van der Waals surface area contributed by atoms with Crippen LogP contribution in [0.5, 0.6) is 17.2 Å². The van der Waals surface area contributed by atoms with Crippen molar-refractivity contribution in [2.24, 2.45) is 0 Å². The average Bonchev–Trinajstić information content (AvgIpc) is 2.84. The Kier molecular flexibility index (Phi) is 6.95. The molecule has 1 saturated carbocycles. The van der Waals surface area contributed by atoms with Crippen molar-refractivity contribution in [3.63, 3.8) is 0 Å². The van der Waals surface area contributed by atoms with Crippen LogP contribution in [0.2, 0.25) is 0 Å². The number of hydrogen-bond donors (Lipinski definition) is 3. The number of rotatable bonds is 7. The standard InChI is InChI=1S/C26H32N4O4/c1-30(2)21-15-24(29-20-8-6-5-7-19(20)21)27-17-9-11-18(12-10-17)28-26(32)16-13-22(33-3)25(31)23(14-16)34-4/h5-8,13-15,17-18,31H,9-12H2,1-4H3,(H,27,29)(H,28,32)/t17-,18+. The van der Waals surface area contributed by atoms with Crippen molar-refractivity contribution in [2.45, 2.75) is 37.8 Å². The molecule has 1 aliphatic rings. The molecule has 34 heavy (non-hydrogen) atoms. The number of nitrogens with zero attached hydrogens (tertiary/aromatic N) is 2. The van der Waals surface area contributed by atoms with Gasteiger partial charge in [-0.2, -0.15) is 0 Å². The van der Waals surface area contributed by atoms with E-state index in [0.717, 1.165) is 48.1 Å². The van der Waals surface area contributed by atoms with Gasteiger partial charge in [0.15, 0.2) is 11.5 Å². The van der Waals surface area contributed by atoms with Crippen molar-refractivity contribution in [3.8, 4) is 17.2 Å². The highest BCUT2D eigenvalue weighted by atomic mass is 16.5. The van der Waals surface area contributed by atoms with E-state index in [1.54, 1.807) is 0 Å². The quantitative estimate of drug-likeness (QED) is 0.483. The van der Waals surface area contributed by atoms with E-state index in [9.17, 15) is 9.90 Å². The number of phenolic OH excluding ortho intramolecular Hbond substituents is 1. The summed E-state index contributed by atoms with van der Waals surface area (Å²) in [7, 11) is 6.96. The van der Waals surface area contributed by atoms with Gasteiger partial charge in [0, 0.05) is 48.9 Å². The monoisotopic (exact) mass is 464 g/mol. The molecule has 3 aromatic rings. The van der Waals surface area contributed by atoms with Gasteiger partial charge in [0.25, 0.3) is 5.91 Å². The van der Waals surface area contributed by atoms with Crippen LogP contribution in [-0.2, 0) is 0 Å². The summed E-state index contributed by atoms with van der Waals surface area (Å²) in [6, 6.07) is 13.7. The van der Waals surface area contributed by atoms with E-state index in [2.05, 4.69) is 27.7 Å². The first-order valence-corrected chi connectivity index (χ1v) is 11.5. The van der Waals surface area contributed by atoms with Crippen LogP contribution >= 0.6 is 0 Å². The molecule has 3 N–H and O–H groups in total. The second kappa shape index (κ2) is 10.1. The van der Waals surface area contributed by atoms with Crippen molar-refractivity contribution < 1.29 is 19.4 Å². The highest BCUT2D eigenvalue weighted by molar-refractivity contribution is 5.96. The largest absolute Gasteiger partial charge is 0.502 e. The van der Waals surface area contributed by atoms with E-state index in [0.29, 0.717) is 11.6 Å². The van der Waals surface area contributed by atoms with Crippen molar-refractivity contribution in [3.05, 3.63) is 48.0 Å². The Morgan fingerprint density at radius 1 is 1.00 bits per heavy atom. The lowest BCUT2D eigenvalue weighted by Crippen LogP contribution is -2.40. The number of carbonyl (C=O) groups is 1. The van der Waals surface area contributed by atoms with Crippen molar-refractivity contribution in [2.75, 3.05) is 38.5 Å². The van der Waals surface area contributed by atoms with Gasteiger partial charge in [0.1, 0.15) is 5.82 Å². The fourth-order valence-electron chi connectivity index (χ4n) is 4.49. The molecule has 1 aliphatic carbocycles. The highest BCUT2D eigenvalue weighted by Crippen LogP contribution is 2.37. The number of fused-ring (bicyclic) bond motifs is 1. The molecule has 0 atom stereocenters. The lowest BCUT2D eigenvalue weighted by molar-refractivity contribution is 0.0925. The molecule has 1 fully saturated rings. The van der Waals surface area contributed by atoms with Crippen LogP contribution < -0.4 is 25.0 Å². The number of benzene rings is 2. The zero-order valence-electron chi connectivity index (χ0n) is 20.1. The second-order valence-corrected chi connectivity index (χ2v) is 8.83. The SMILES string of the molecule is COc1cc(C(=O)N[C@H]2CC[C@@H](Nc3cc(N(C)C)c4ccccc4n3)CC2)cc(OC)c1O. The number of nitrogens with one attached hydrogen (secondary N) is 2. The Hall–Kier alpha value is -3.68. The third-order valence-corrected chi connectivity index (χ3v) is 6.33. The zero-order chi connectivity index (χ0) is 24.2. The number of carbonyl (C=O) groups excluding carboxylic acids is 1. The number of pyridine rings is 1. The third-order valence-electron chi connectivity index (χ3n) is 6.33. The molecule has 180 valence electrons. The number of aromatic hydroxyl groups is 1. The van der Waals surface area contributed by atoms with Crippen molar-refractivity contribution >= 4 is 28.3 Å². The molecular weight excluding hydrogens is 432 g/mol. The minimum absolute atomic E-state index is 0.0817. The summed E-state index contributed by atoms with van der Waals surface area (Å²) in [5, 5.41) is 17.9. The topological polar surface area (TPSA) is 96.0 Å². The summed E-state index contributed by atoms with van der Waals surface area (Å²) >= 11 is 0. The van der Waals surface area contributed by atoms with Crippen LogP contribution in [0.4, 0.5) is 11.5 Å². The van der Waals surface area contributed by atoms with Crippen LogP contribution in [-0.4, -0.2) is 56.4 Å². The first kappa shape index (κ1) is 23.5. The van der Waals surface area contributed by atoms with Crippen LogP contribution in [0.15, 0.2) is 42.5 Å². The average molecular weight is 465 g/mol. The molecular formula is C26H32N4O4. The summed E-state index contributed by atoms with van der Waals surface area (Å²) in [6.45, 7) is 0. The fourth-order valence-corrected chi connectivity index (χ4v) is 4.49. The van der Waals surface area contributed by atoms with E-state index in [1.807, 2.05) is 32.3 Å². The molecule has 0 aliphatic heterocycles. The van der Waals surface area contributed by atoms with E-state index < -0.39 is 0 Å². The summed E-state index contributed by atoms with van der Waals surface area (Å²) in [5.74, 6) is 0.959. The normalized spacial score (nSPS) is 17.8. The molecule has 8 nitrogen and oxygen atoms in total. The predicted molar refractivity (Wildman–Crippen MR) is 134 cm³/mol. The molecule has 0 saturated heterocycles. The maximum absolute atomic E-state index is 12.8. The second-order valence-electron chi connectivity index (χ2n) is 8.83. The predicted octanol–water partition coefficient (Wildman–Crippen LogP) is 4.18. The molecule has 4 rings (SSSR count). The van der Waals surface area contributed by atoms with Crippen LogP contribution in [0, 0.1) is 0 Å². The molecule has 8 heteroatoms. The lowest BCUT2D eigenvalue weighted by atomic mass is 9.91. The Balaban J connectivity index is 1.38. The zero-order valence-corrected chi connectivity index (χ0v) is 20.1. The molecule has 1 amide bonds. The van der Waals surface area contributed by atoms with Crippen LogP contribution in [0.1, 0.15) is 36.0 Å². The summed E-state index contributed by atoms with van der Waals surface area (Å²) in [5.41, 5.74) is 2.49. The van der Waals surface area contributed by atoms with E-state index in [4.69, 9.17) is 14.5 Å². The van der Waals surface area contributed by atoms with Gasteiger partial charge in [0.05, 0.1) is 19.7 Å². The maximum Gasteiger partial charge on any atom is 0.251 e. The number of para-hydroxylation sites is 1. The molecule has 1 heterocycles. The van der Waals surface area contributed by atoms with Gasteiger partial charge in [0.2, 0.25) is 5.75 Å². The molecule has 2 aromatic carbocycles. The Labute approximate surface area is 199 Å². The van der Waals surface area contributed by atoms with Gasteiger partial charge < -0.3 is 30.1 Å². The highest BCUT2D eigenvalue weighted by Gasteiger charge is 2.24. The Morgan fingerprint density at radius 3 is 2.24 bits per heavy atom. The number of ether oxygens (including phenoxy) is 2. The van der Waals surface area contributed by atoms with Gasteiger partial charge in [-0.3, -0.25) is 4.79 Å². The summed E-state index contributed by atoms with van der Waals surface area (Å²) in [6.07, 6.45) is 3.59. The van der Waals surface area contributed by atoms with Gasteiger partial charge in [-0.15, -0.1) is 0 Å². The van der Waals surface area contributed by atoms with Gasteiger partial charge in [-0.1, -0.05) is 18.2 Å². The number of phenols is 1. The van der Waals surface area contributed by atoms with Crippen molar-refractivity contribution in [1.82, 2.24) is 10.3 Å². The molecule has 1 aromatic heterocycles. The van der Waals surface area contributed by atoms with Crippen LogP contribution in [0.3, 0.4) is 0 Å². The number of hydrogen-bond acceptors (Lipinski definition) is 7. The number of methoxy groups -OCH3 is 2. The smallest absolute Gasteiger partial charge is 0.251 e. The third kappa shape index (κ3) is 4.95. The Morgan fingerprint density at radius 2 is 1.62 bits per heavy atom. The van der Waals surface area contributed by atoms with Gasteiger partial charge in [-0.05, 0) is 43.9 Å². The molecule has 0 radical (unpaired) electrons. The number of amides is 1. The molecule has 0 unspecified atom stereocenters. The van der Waals surface area contributed by atoms with E-state index in [1.165, 1.54) is 26.4 Å². The number of anilines is 2. The molecule has 0 bridgehead atoms. The Bertz CT molecular complexity index is 1150. The fraction of sp³-hybridized carbons (Fsp3) is 0.385. The minimum atomic E-state index is -0.208. The summed E-state index contributed by atoms with van der Waals surface area (Å²) < 4.78 is 10.3. The van der Waals surface area contributed by atoms with Crippen molar-refractivity contribution in [1.29, 1.82) is 0 Å². The lowest BCUT2D eigenvalue weighted by Gasteiger charge is -2.30. The first-order valence-electron chi connectivity index (χ1n) is 11.5. The first-order chi connectivity index (χ1) is 16.4. The van der Waals surface area contributed by atoms with E-state index in [-0.39, 0.29) is 29.2 Å². The van der Waals surface area contributed by atoms with Crippen LogP contribution in [0.25, 0.3) is 10.9 Å². The number of aromatic nitrogens is 1. The maximum atomic E-state index is 12.8. The van der Waals surface area contributed by atoms with Gasteiger partial charge in [-0.25, -0.2) is 4.98 Å². The van der Waals surface area contributed by atoms with Gasteiger partial charge >= 0.3 is 0 Å². The molecule has 0 spiro atoms.